The summed E-state index contributed by atoms with van der Waals surface area (Å²) < 4.78 is 0. The first kappa shape index (κ1) is 12.8. The summed E-state index contributed by atoms with van der Waals surface area (Å²) in [7, 11) is 0. The lowest BCUT2D eigenvalue weighted by molar-refractivity contribution is -0.104. The van der Waals surface area contributed by atoms with Gasteiger partial charge in [-0.05, 0) is 25.3 Å². The van der Waals surface area contributed by atoms with Crippen LogP contribution >= 0.6 is 0 Å². The Morgan fingerprint density at radius 2 is 2.07 bits per heavy atom. The highest BCUT2D eigenvalue weighted by Crippen LogP contribution is 2.03. The molecular formula is C12H19NO. The van der Waals surface area contributed by atoms with E-state index in [1.54, 1.807) is 6.08 Å². The minimum Gasteiger partial charge on any atom is -0.298 e. The van der Waals surface area contributed by atoms with E-state index in [1.165, 1.54) is 0 Å². The first-order valence-electron chi connectivity index (χ1n) is 4.98. The van der Waals surface area contributed by atoms with Crippen molar-refractivity contribution in [3.63, 3.8) is 0 Å². The first-order chi connectivity index (χ1) is 6.60. The Hall–Kier alpha value is -1.18. The van der Waals surface area contributed by atoms with E-state index in [-0.39, 0.29) is 0 Å². The van der Waals surface area contributed by atoms with Crippen molar-refractivity contribution < 1.29 is 4.79 Å². The summed E-state index contributed by atoms with van der Waals surface area (Å²) in [4.78, 5) is 14.8. The minimum atomic E-state index is 0.438. The summed E-state index contributed by atoms with van der Waals surface area (Å²) in [6, 6.07) is 0. The molecule has 0 heterocycles. The molecule has 0 aromatic rings. The molecule has 2 nitrogen and oxygen atoms in total. The minimum absolute atomic E-state index is 0.438. The molecule has 0 unspecified atom stereocenters. The Kier molecular flexibility index (Phi) is 6.63. The Balaban J connectivity index is 4.48. The maximum atomic E-state index is 10.6. The fraction of sp³-hybridized carbons (Fsp3) is 0.500. The maximum Gasteiger partial charge on any atom is 0.149 e. The van der Waals surface area contributed by atoms with E-state index in [0.717, 1.165) is 18.4 Å². The molecule has 0 saturated carbocycles. The van der Waals surface area contributed by atoms with Crippen molar-refractivity contribution in [2.75, 3.05) is 0 Å². The molecule has 0 amide bonds. The average molecular weight is 193 g/mol. The lowest BCUT2D eigenvalue weighted by Crippen LogP contribution is -1.88. The molecule has 0 aliphatic carbocycles. The molecule has 0 aromatic carbocycles. The van der Waals surface area contributed by atoms with Gasteiger partial charge in [0.2, 0.25) is 0 Å². The molecule has 0 atom stereocenters. The van der Waals surface area contributed by atoms with Crippen LogP contribution in [0, 0.1) is 5.92 Å². The van der Waals surface area contributed by atoms with Gasteiger partial charge in [-0.25, -0.2) is 0 Å². The van der Waals surface area contributed by atoms with Gasteiger partial charge in [0.05, 0.1) is 0 Å². The highest BCUT2D eigenvalue weighted by molar-refractivity contribution is 5.77. The Morgan fingerprint density at radius 1 is 1.43 bits per heavy atom. The SMILES string of the molecule is CC/C=C(C=O)\C=C(/C)N=CC(C)C. The molecule has 14 heavy (non-hydrogen) atoms. The topological polar surface area (TPSA) is 29.4 Å². The quantitative estimate of drug-likeness (QED) is 0.285. The molecule has 0 N–H and O–H groups in total. The number of carbonyl (C=O) groups excluding carboxylic acids is 1. The standard InChI is InChI=1S/C12H19NO/c1-5-6-12(9-14)7-11(4)13-8-10(2)3/h6-10H,5H2,1-4H3/b11-7+,12-6+,13-8?. The molecule has 0 spiro atoms. The number of aldehydes is 1. The second-order valence-corrected chi connectivity index (χ2v) is 3.54. The highest BCUT2D eigenvalue weighted by Gasteiger charge is 1.91. The molecule has 0 rings (SSSR count). The first-order valence-corrected chi connectivity index (χ1v) is 4.98. The van der Waals surface area contributed by atoms with Gasteiger partial charge in [0.25, 0.3) is 0 Å². The molecule has 0 aromatic heterocycles. The van der Waals surface area contributed by atoms with Crippen LogP contribution in [0.4, 0.5) is 0 Å². The summed E-state index contributed by atoms with van der Waals surface area (Å²) in [6.07, 6.45) is 7.29. The zero-order valence-electron chi connectivity index (χ0n) is 9.45. The Bertz CT molecular complexity index is 259. The summed E-state index contributed by atoms with van der Waals surface area (Å²) in [5, 5.41) is 0. The molecule has 0 fully saturated rings. The lowest BCUT2D eigenvalue weighted by atomic mass is 10.2. The van der Waals surface area contributed by atoms with Gasteiger partial charge < -0.3 is 0 Å². The third kappa shape index (κ3) is 6.35. The van der Waals surface area contributed by atoms with Gasteiger partial charge in [-0.1, -0.05) is 26.8 Å². The van der Waals surface area contributed by atoms with Crippen molar-refractivity contribution >= 4 is 12.5 Å². The number of hydrogen-bond acceptors (Lipinski definition) is 2. The van der Waals surface area contributed by atoms with Gasteiger partial charge in [-0.15, -0.1) is 0 Å². The largest absolute Gasteiger partial charge is 0.298 e. The second kappa shape index (κ2) is 7.25. The van der Waals surface area contributed by atoms with Crippen LogP contribution in [0.25, 0.3) is 0 Å². The highest BCUT2D eigenvalue weighted by atomic mass is 16.1. The third-order valence-electron chi connectivity index (χ3n) is 1.53. The molecule has 0 saturated heterocycles. The van der Waals surface area contributed by atoms with Crippen LogP contribution in [-0.4, -0.2) is 12.5 Å². The molecule has 78 valence electrons. The summed E-state index contributed by atoms with van der Waals surface area (Å²) >= 11 is 0. The number of hydrogen-bond donors (Lipinski definition) is 0. The Labute approximate surface area is 86.4 Å². The van der Waals surface area contributed by atoms with Gasteiger partial charge in [-0.2, -0.15) is 0 Å². The molecule has 0 aliphatic rings. The van der Waals surface area contributed by atoms with Gasteiger partial charge in [0, 0.05) is 17.5 Å². The van der Waals surface area contributed by atoms with E-state index in [4.69, 9.17) is 0 Å². The van der Waals surface area contributed by atoms with Gasteiger partial charge >= 0.3 is 0 Å². The molecular weight excluding hydrogens is 174 g/mol. The van der Waals surface area contributed by atoms with E-state index in [0.29, 0.717) is 11.5 Å². The van der Waals surface area contributed by atoms with Gasteiger partial charge in [0.1, 0.15) is 6.29 Å². The molecule has 0 aliphatic heterocycles. The fourth-order valence-electron chi connectivity index (χ4n) is 0.922. The van der Waals surface area contributed by atoms with Gasteiger partial charge in [-0.3, -0.25) is 9.79 Å². The van der Waals surface area contributed by atoms with Crippen LogP contribution in [0.15, 0.2) is 28.4 Å². The van der Waals surface area contributed by atoms with E-state index in [2.05, 4.69) is 18.8 Å². The van der Waals surface area contributed by atoms with Crippen molar-refractivity contribution in [1.29, 1.82) is 0 Å². The summed E-state index contributed by atoms with van der Waals surface area (Å²) in [5.74, 6) is 0.438. The maximum absolute atomic E-state index is 10.6. The molecule has 0 bridgehead atoms. The van der Waals surface area contributed by atoms with Crippen LogP contribution in [0.5, 0.6) is 0 Å². The summed E-state index contributed by atoms with van der Waals surface area (Å²) in [5.41, 5.74) is 1.57. The van der Waals surface area contributed by atoms with Gasteiger partial charge in [0.15, 0.2) is 0 Å². The van der Waals surface area contributed by atoms with Crippen molar-refractivity contribution in [3.05, 3.63) is 23.4 Å². The number of allylic oxidation sites excluding steroid dienone is 4. The zero-order chi connectivity index (χ0) is 11.0. The van der Waals surface area contributed by atoms with Crippen molar-refractivity contribution in [2.24, 2.45) is 10.9 Å². The van der Waals surface area contributed by atoms with Crippen LogP contribution < -0.4 is 0 Å². The van der Waals surface area contributed by atoms with Crippen LogP contribution in [0.2, 0.25) is 0 Å². The zero-order valence-corrected chi connectivity index (χ0v) is 9.45. The monoisotopic (exact) mass is 193 g/mol. The number of carbonyl (C=O) groups is 1. The van der Waals surface area contributed by atoms with Crippen molar-refractivity contribution in [3.8, 4) is 0 Å². The van der Waals surface area contributed by atoms with E-state index in [1.807, 2.05) is 26.1 Å². The number of rotatable bonds is 5. The molecule has 0 radical (unpaired) electrons. The van der Waals surface area contributed by atoms with Crippen LogP contribution in [-0.2, 0) is 4.79 Å². The van der Waals surface area contributed by atoms with Crippen LogP contribution in [0.1, 0.15) is 34.1 Å². The van der Waals surface area contributed by atoms with Crippen molar-refractivity contribution in [2.45, 2.75) is 34.1 Å². The smallest absolute Gasteiger partial charge is 0.149 e. The van der Waals surface area contributed by atoms with Crippen molar-refractivity contribution in [1.82, 2.24) is 0 Å². The molecule has 2 heteroatoms. The Morgan fingerprint density at radius 3 is 2.50 bits per heavy atom. The normalized spacial score (nSPS) is 14.1. The lowest BCUT2D eigenvalue weighted by Gasteiger charge is -1.95. The van der Waals surface area contributed by atoms with E-state index in [9.17, 15) is 4.79 Å². The average Bonchev–Trinajstić information content (AvgIpc) is 2.14. The van der Waals surface area contributed by atoms with E-state index < -0.39 is 0 Å². The summed E-state index contributed by atoms with van der Waals surface area (Å²) in [6.45, 7) is 8.04. The third-order valence-corrected chi connectivity index (χ3v) is 1.53. The van der Waals surface area contributed by atoms with E-state index >= 15 is 0 Å². The predicted octanol–water partition coefficient (Wildman–Crippen LogP) is 3.15. The number of nitrogens with zero attached hydrogens (tertiary/aromatic N) is 1. The number of aliphatic imine (C=N–C) groups is 1. The van der Waals surface area contributed by atoms with Crippen LogP contribution in [0.3, 0.4) is 0 Å². The second-order valence-electron chi connectivity index (χ2n) is 3.54. The fourth-order valence-corrected chi connectivity index (χ4v) is 0.922. The predicted molar refractivity (Wildman–Crippen MR) is 61.5 cm³/mol.